The molecule has 0 radical (unpaired) electrons. The van der Waals surface area contributed by atoms with Crippen LogP contribution in [0, 0.1) is 5.92 Å². The molecule has 0 saturated carbocycles. The van der Waals surface area contributed by atoms with Crippen molar-refractivity contribution >= 4 is 16.9 Å². The number of rotatable bonds is 3. The maximum Gasteiger partial charge on any atom is 0.337 e. The standard InChI is InChI=1S/C13H16N2O2/c1-8(2)7-11-9-5-4-6-10(13(16)17)12(9)14-15(11)3/h4-6,8H,7H2,1-3H3,(H,16,17). The molecule has 0 aliphatic carbocycles. The number of aromatic carboxylic acids is 1. The number of hydrogen-bond acceptors (Lipinski definition) is 2. The quantitative estimate of drug-likeness (QED) is 0.884. The SMILES string of the molecule is CC(C)Cc1c2cccc(C(=O)O)c2nn1C. The van der Waals surface area contributed by atoms with Gasteiger partial charge >= 0.3 is 5.97 Å². The summed E-state index contributed by atoms with van der Waals surface area (Å²) in [4.78, 5) is 11.1. The predicted octanol–water partition coefficient (Wildman–Crippen LogP) is 2.47. The van der Waals surface area contributed by atoms with E-state index in [4.69, 9.17) is 5.11 Å². The van der Waals surface area contributed by atoms with E-state index in [0.29, 0.717) is 11.4 Å². The van der Waals surface area contributed by atoms with Crippen molar-refractivity contribution in [3.8, 4) is 0 Å². The molecule has 2 aromatic rings. The number of carboxylic acid groups (broad SMARTS) is 1. The second-order valence-corrected chi connectivity index (χ2v) is 4.68. The zero-order valence-corrected chi connectivity index (χ0v) is 10.3. The van der Waals surface area contributed by atoms with Gasteiger partial charge in [0.25, 0.3) is 0 Å². The van der Waals surface area contributed by atoms with Crippen molar-refractivity contribution in [3.05, 3.63) is 29.5 Å². The van der Waals surface area contributed by atoms with Gasteiger partial charge in [0.05, 0.1) is 5.56 Å². The zero-order valence-electron chi connectivity index (χ0n) is 10.3. The van der Waals surface area contributed by atoms with Gasteiger partial charge in [0.2, 0.25) is 0 Å². The van der Waals surface area contributed by atoms with Crippen LogP contribution < -0.4 is 0 Å². The number of aryl methyl sites for hydroxylation is 1. The molecular formula is C13H16N2O2. The summed E-state index contributed by atoms with van der Waals surface area (Å²) in [5, 5.41) is 14.4. The Morgan fingerprint density at radius 1 is 1.47 bits per heavy atom. The number of carbonyl (C=O) groups is 1. The number of benzene rings is 1. The molecule has 1 aromatic carbocycles. The van der Waals surface area contributed by atoms with Crippen LogP contribution in [0.15, 0.2) is 18.2 Å². The van der Waals surface area contributed by atoms with Crippen LogP contribution >= 0.6 is 0 Å². The topological polar surface area (TPSA) is 55.1 Å². The first-order valence-electron chi connectivity index (χ1n) is 5.68. The molecule has 1 heterocycles. The average molecular weight is 232 g/mol. The summed E-state index contributed by atoms with van der Waals surface area (Å²) < 4.78 is 1.79. The molecule has 0 aliphatic heterocycles. The van der Waals surface area contributed by atoms with Gasteiger partial charge in [0.1, 0.15) is 5.52 Å². The predicted molar refractivity (Wildman–Crippen MR) is 66.2 cm³/mol. The molecule has 0 spiro atoms. The van der Waals surface area contributed by atoms with Gasteiger partial charge in [0.15, 0.2) is 0 Å². The molecule has 90 valence electrons. The number of carboxylic acids is 1. The van der Waals surface area contributed by atoms with E-state index in [1.54, 1.807) is 16.8 Å². The number of aromatic nitrogens is 2. The van der Waals surface area contributed by atoms with E-state index in [2.05, 4.69) is 18.9 Å². The van der Waals surface area contributed by atoms with Gasteiger partial charge < -0.3 is 5.11 Å². The molecule has 4 nitrogen and oxygen atoms in total. The Labute approximate surface area is 99.9 Å². The van der Waals surface area contributed by atoms with Gasteiger partial charge in [-0.1, -0.05) is 26.0 Å². The van der Waals surface area contributed by atoms with E-state index in [-0.39, 0.29) is 5.56 Å². The van der Waals surface area contributed by atoms with Crippen molar-refractivity contribution in [1.82, 2.24) is 9.78 Å². The monoisotopic (exact) mass is 232 g/mol. The Morgan fingerprint density at radius 3 is 2.76 bits per heavy atom. The molecule has 2 rings (SSSR count). The van der Waals surface area contributed by atoms with Crippen LogP contribution in [0.4, 0.5) is 0 Å². The van der Waals surface area contributed by atoms with Crippen LogP contribution in [0.5, 0.6) is 0 Å². The molecule has 1 N–H and O–H groups in total. The van der Waals surface area contributed by atoms with Crippen LogP contribution in [-0.4, -0.2) is 20.9 Å². The van der Waals surface area contributed by atoms with Gasteiger partial charge in [-0.15, -0.1) is 0 Å². The number of nitrogens with zero attached hydrogens (tertiary/aromatic N) is 2. The summed E-state index contributed by atoms with van der Waals surface area (Å²) in [6, 6.07) is 5.31. The summed E-state index contributed by atoms with van der Waals surface area (Å²) >= 11 is 0. The molecule has 17 heavy (non-hydrogen) atoms. The minimum absolute atomic E-state index is 0.271. The first kappa shape index (κ1) is 11.6. The van der Waals surface area contributed by atoms with Crippen LogP contribution in [0.25, 0.3) is 10.9 Å². The highest BCUT2D eigenvalue weighted by atomic mass is 16.4. The Bertz CT molecular complexity index is 570. The first-order valence-corrected chi connectivity index (χ1v) is 5.68. The van der Waals surface area contributed by atoms with Crippen molar-refractivity contribution in [2.45, 2.75) is 20.3 Å². The fourth-order valence-electron chi connectivity index (χ4n) is 2.07. The lowest BCUT2D eigenvalue weighted by molar-refractivity contribution is 0.0699. The average Bonchev–Trinajstić information content (AvgIpc) is 2.54. The van der Waals surface area contributed by atoms with E-state index in [9.17, 15) is 4.79 Å². The summed E-state index contributed by atoms with van der Waals surface area (Å²) in [5.41, 5.74) is 1.95. The van der Waals surface area contributed by atoms with Crippen molar-refractivity contribution in [2.75, 3.05) is 0 Å². The van der Waals surface area contributed by atoms with Crippen LogP contribution in [0.1, 0.15) is 29.9 Å². The van der Waals surface area contributed by atoms with Crippen molar-refractivity contribution in [2.24, 2.45) is 13.0 Å². The lowest BCUT2D eigenvalue weighted by Crippen LogP contribution is -2.02. The molecule has 0 fully saturated rings. The van der Waals surface area contributed by atoms with Crippen LogP contribution in [0.2, 0.25) is 0 Å². The summed E-state index contributed by atoms with van der Waals surface area (Å²) in [5.74, 6) is -0.410. The lowest BCUT2D eigenvalue weighted by atomic mass is 10.0. The Hall–Kier alpha value is -1.84. The molecule has 0 amide bonds. The third-order valence-electron chi connectivity index (χ3n) is 2.82. The van der Waals surface area contributed by atoms with E-state index in [1.165, 1.54) is 0 Å². The third kappa shape index (κ3) is 2.02. The van der Waals surface area contributed by atoms with E-state index in [1.807, 2.05) is 13.1 Å². The maximum absolute atomic E-state index is 11.1. The normalized spacial score (nSPS) is 11.3. The minimum Gasteiger partial charge on any atom is -0.478 e. The molecule has 0 aliphatic rings. The van der Waals surface area contributed by atoms with E-state index < -0.39 is 5.97 Å². The summed E-state index contributed by atoms with van der Waals surface area (Å²) in [6.07, 6.45) is 0.899. The third-order valence-corrected chi connectivity index (χ3v) is 2.82. The Kier molecular flexibility index (Phi) is 2.88. The van der Waals surface area contributed by atoms with Crippen LogP contribution in [-0.2, 0) is 13.5 Å². The molecule has 0 atom stereocenters. The van der Waals surface area contributed by atoms with Crippen molar-refractivity contribution < 1.29 is 9.90 Å². The fourth-order valence-corrected chi connectivity index (χ4v) is 2.07. The Morgan fingerprint density at radius 2 is 2.18 bits per heavy atom. The van der Waals surface area contributed by atoms with Gasteiger partial charge in [-0.25, -0.2) is 4.79 Å². The highest BCUT2D eigenvalue weighted by Gasteiger charge is 2.16. The fraction of sp³-hybridized carbons (Fsp3) is 0.385. The second kappa shape index (κ2) is 4.20. The Balaban J connectivity index is 2.67. The minimum atomic E-state index is -0.926. The van der Waals surface area contributed by atoms with E-state index in [0.717, 1.165) is 17.5 Å². The van der Waals surface area contributed by atoms with Gasteiger partial charge in [-0.2, -0.15) is 5.10 Å². The van der Waals surface area contributed by atoms with Crippen LogP contribution in [0.3, 0.4) is 0 Å². The van der Waals surface area contributed by atoms with Gasteiger partial charge in [0, 0.05) is 18.1 Å². The largest absolute Gasteiger partial charge is 0.478 e. The summed E-state index contributed by atoms with van der Waals surface area (Å²) in [6.45, 7) is 4.28. The maximum atomic E-state index is 11.1. The molecule has 4 heteroatoms. The van der Waals surface area contributed by atoms with Gasteiger partial charge in [-0.3, -0.25) is 4.68 Å². The number of fused-ring (bicyclic) bond motifs is 1. The highest BCUT2D eigenvalue weighted by molar-refractivity contribution is 6.02. The summed E-state index contributed by atoms with van der Waals surface area (Å²) in [7, 11) is 1.86. The molecule has 1 aromatic heterocycles. The first-order chi connectivity index (χ1) is 8.00. The lowest BCUT2D eigenvalue weighted by Gasteiger charge is -2.05. The highest BCUT2D eigenvalue weighted by Crippen LogP contribution is 2.23. The zero-order chi connectivity index (χ0) is 12.6. The molecule has 0 saturated heterocycles. The van der Waals surface area contributed by atoms with Gasteiger partial charge in [-0.05, 0) is 18.4 Å². The van der Waals surface area contributed by atoms with E-state index >= 15 is 0 Å². The molecule has 0 unspecified atom stereocenters. The smallest absolute Gasteiger partial charge is 0.337 e. The van der Waals surface area contributed by atoms with Crippen molar-refractivity contribution in [3.63, 3.8) is 0 Å². The number of hydrogen-bond donors (Lipinski definition) is 1. The molecule has 0 bridgehead atoms. The van der Waals surface area contributed by atoms with Crippen molar-refractivity contribution in [1.29, 1.82) is 0 Å². The molecular weight excluding hydrogens is 216 g/mol. The second-order valence-electron chi connectivity index (χ2n) is 4.68.